The number of hydrogen-bond donors (Lipinski definition) is 0. The molecule has 0 fully saturated rings. The lowest BCUT2D eigenvalue weighted by molar-refractivity contribution is 0.597. The van der Waals surface area contributed by atoms with E-state index in [0.29, 0.717) is 5.92 Å². The van der Waals surface area contributed by atoms with Gasteiger partial charge >= 0.3 is 0 Å². The van der Waals surface area contributed by atoms with Gasteiger partial charge in [-0.25, -0.2) is 0 Å². The summed E-state index contributed by atoms with van der Waals surface area (Å²) in [6.45, 7) is 5.86. The molecule has 0 N–H and O–H groups in total. The van der Waals surface area contributed by atoms with Crippen LogP contribution in [0, 0.1) is 18.3 Å². The van der Waals surface area contributed by atoms with Gasteiger partial charge in [-0.05, 0) is 12.3 Å². The molecule has 0 aromatic rings. The van der Waals surface area contributed by atoms with Crippen molar-refractivity contribution in [1.29, 1.82) is 0 Å². The summed E-state index contributed by atoms with van der Waals surface area (Å²) in [6, 6.07) is 0. The first-order valence-electron chi connectivity index (χ1n) is 3.41. The molecule has 0 bridgehead atoms. The minimum Gasteiger partial charge on any atom is -0.120 e. The van der Waals surface area contributed by atoms with Crippen LogP contribution in [0.4, 0.5) is 0 Å². The van der Waals surface area contributed by atoms with Crippen LogP contribution in [0.1, 0.15) is 26.2 Å². The Bertz CT molecular complexity index is 106. The lowest BCUT2D eigenvalue weighted by Gasteiger charge is -2.04. The maximum Gasteiger partial charge on any atom is 0.0149 e. The molecule has 0 amide bonds. The molecule has 0 aliphatic rings. The van der Waals surface area contributed by atoms with Crippen LogP contribution in [0.15, 0.2) is 12.7 Å². The highest BCUT2D eigenvalue weighted by Gasteiger charge is 1.97. The monoisotopic (exact) mass is 122 g/mol. The van der Waals surface area contributed by atoms with E-state index in [1.807, 2.05) is 6.08 Å². The molecule has 1 atom stereocenters. The van der Waals surface area contributed by atoms with E-state index in [0.717, 1.165) is 6.42 Å². The van der Waals surface area contributed by atoms with Gasteiger partial charge in [0, 0.05) is 6.42 Å². The lowest BCUT2D eigenvalue weighted by Crippen LogP contribution is -1.92. The summed E-state index contributed by atoms with van der Waals surface area (Å²) >= 11 is 0. The van der Waals surface area contributed by atoms with Gasteiger partial charge in [0.2, 0.25) is 0 Å². The molecule has 0 nitrogen and oxygen atoms in total. The predicted molar refractivity (Wildman–Crippen MR) is 42.0 cm³/mol. The molecular formula is C9H14. The Balaban J connectivity index is 3.44. The van der Waals surface area contributed by atoms with Crippen LogP contribution in [-0.4, -0.2) is 0 Å². The third kappa shape index (κ3) is 3.85. The van der Waals surface area contributed by atoms with Crippen LogP contribution >= 0.6 is 0 Å². The van der Waals surface area contributed by atoms with Gasteiger partial charge in [0.05, 0.1) is 0 Å². The average Bonchev–Trinajstić information content (AvgIpc) is 1.88. The Kier molecular flexibility index (Phi) is 5.01. The van der Waals surface area contributed by atoms with Gasteiger partial charge in [0.15, 0.2) is 0 Å². The molecule has 0 heteroatoms. The highest BCUT2D eigenvalue weighted by molar-refractivity contribution is 4.92. The zero-order valence-corrected chi connectivity index (χ0v) is 6.06. The van der Waals surface area contributed by atoms with E-state index in [1.165, 1.54) is 12.8 Å². The number of hydrogen-bond acceptors (Lipinski definition) is 0. The van der Waals surface area contributed by atoms with Crippen molar-refractivity contribution in [1.82, 2.24) is 0 Å². The molecule has 0 heterocycles. The second-order valence-electron chi connectivity index (χ2n) is 2.19. The molecule has 0 saturated carbocycles. The van der Waals surface area contributed by atoms with Gasteiger partial charge in [-0.1, -0.05) is 19.4 Å². The maximum absolute atomic E-state index is 5.14. The van der Waals surface area contributed by atoms with Crippen LogP contribution in [0.3, 0.4) is 0 Å². The first kappa shape index (κ1) is 8.30. The van der Waals surface area contributed by atoms with Crippen LogP contribution in [0.5, 0.6) is 0 Å². The summed E-state index contributed by atoms with van der Waals surface area (Å²) < 4.78 is 0. The van der Waals surface area contributed by atoms with Crippen molar-refractivity contribution in [2.24, 2.45) is 5.92 Å². The fourth-order valence-electron chi connectivity index (χ4n) is 0.825. The van der Waals surface area contributed by atoms with E-state index >= 15 is 0 Å². The SMILES string of the molecule is C#CCC(C=C)CCC. The van der Waals surface area contributed by atoms with Gasteiger partial charge in [0.1, 0.15) is 0 Å². The zero-order chi connectivity index (χ0) is 7.11. The van der Waals surface area contributed by atoms with Gasteiger partial charge in [0.25, 0.3) is 0 Å². The third-order valence-electron chi connectivity index (χ3n) is 1.37. The summed E-state index contributed by atoms with van der Waals surface area (Å²) in [5.74, 6) is 3.17. The quantitative estimate of drug-likeness (QED) is 0.397. The highest BCUT2D eigenvalue weighted by atomic mass is 14.0. The fraction of sp³-hybridized carbons (Fsp3) is 0.556. The Labute approximate surface area is 58.0 Å². The molecular weight excluding hydrogens is 108 g/mol. The summed E-state index contributed by atoms with van der Waals surface area (Å²) in [5, 5.41) is 0. The van der Waals surface area contributed by atoms with Gasteiger partial charge in [-0.2, -0.15) is 0 Å². The van der Waals surface area contributed by atoms with Crippen LogP contribution in [-0.2, 0) is 0 Å². The van der Waals surface area contributed by atoms with E-state index in [4.69, 9.17) is 6.42 Å². The van der Waals surface area contributed by atoms with Gasteiger partial charge in [-0.15, -0.1) is 18.9 Å². The molecule has 0 radical (unpaired) electrons. The standard InChI is InChI=1S/C9H14/c1-4-7-9(6-3)8-5-2/h1,6,9H,3,5,7-8H2,2H3. The zero-order valence-electron chi connectivity index (χ0n) is 6.06. The second kappa shape index (κ2) is 5.44. The first-order valence-corrected chi connectivity index (χ1v) is 3.41. The molecule has 0 aromatic heterocycles. The summed E-state index contributed by atoms with van der Waals surface area (Å²) in [4.78, 5) is 0. The largest absolute Gasteiger partial charge is 0.120 e. The predicted octanol–water partition coefficient (Wildman–Crippen LogP) is 2.61. The molecule has 50 valence electrons. The smallest absolute Gasteiger partial charge is 0.0149 e. The van der Waals surface area contributed by atoms with Crippen molar-refractivity contribution >= 4 is 0 Å². The Morgan fingerprint density at radius 3 is 2.78 bits per heavy atom. The highest BCUT2D eigenvalue weighted by Crippen LogP contribution is 2.10. The second-order valence-corrected chi connectivity index (χ2v) is 2.19. The molecule has 0 spiro atoms. The molecule has 0 rings (SSSR count). The van der Waals surface area contributed by atoms with E-state index < -0.39 is 0 Å². The summed E-state index contributed by atoms with van der Waals surface area (Å²) in [5.41, 5.74) is 0. The molecule has 0 aliphatic heterocycles. The molecule has 1 unspecified atom stereocenters. The molecule has 9 heavy (non-hydrogen) atoms. The maximum atomic E-state index is 5.14. The summed E-state index contributed by atoms with van der Waals surface area (Å²) in [7, 11) is 0. The lowest BCUT2D eigenvalue weighted by atomic mass is 10.0. The third-order valence-corrected chi connectivity index (χ3v) is 1.37. The average molecular weight is 122 g/mol. The van der Waals surface area contributed by atoms with Gasteiger partial charge in [-0.3, -0.25) is 0 Å². The van der Waals surface area contributed by atoms with Crippen molar-refractivity contribution in [3.8, 4) is 12.3 Å². The van der Waals surface area contributed by atoms with Crippen molar-refractivity contribution in [3.63, 3.8) is 0 Å². The Hall–Kier alpha value is -0.700. The number of rotatable bonds is 4. The number of terminal acetylenes is 1. The van der Waals surface area contributed by atoms with Gasteiger partial charge < -0.3 is 0 Å². The minimum absolute atomic E-state index is 0.542. The van der Waals surface area contributed by atoms with Crippen LogP contribution < -0.4 is 0 Å². The molecule has 0 aromatic carbocycles. The topological polar surface area (TPSA) is 0 Å². The van der Waals surface area contributed by atoms with E-state index in [2.05, 4.69) is 19.4 Å². The van der Waals surface area contributed by atoms with Crippen molar-refractivity contribution in [2.45, 2.75) is 26.2 Å². The van der Waals surface area contributed by atoms with Crippen LogP contribution in [0.2, 0.25) is 0 Å². The Morgan fingerprint density at radius 2 is 2.44 bits per heavy atom. The summed E-state index contributed by atoms with van der Waals surface area (Å²) in [6.07, 6.45) is 10.3. The van der Waals surface area contributed by atoms with E-state index in [9.17, 15) is 0 Å². The van der Waals surface area contributed by atoms with Crippen molar-refractivity contribution < 1.29 is 0 Å². The first-order chi connectivity index (χ1) is 4.35. The normalized spacial score (nSPS) is 12.0. The van der Waals surface area contributed by atoms with E-state index in [1.54, 1.807) is 0 Å². The van der Waals surface area contributed by atoms with Crippen LogP contribution in [0.25, 0.3) is 0 Å². The fourth-order valence-corrected chi connectivity index (χ4v) is 0.825. The molecule has 0 aliphatic carbocycles. The minimum atomic E-state index is 0.542. The Morgan fingerprint density at radius 1 is 1.78 bits per heavy atom. The van der Waals surface area contributed by atoms with Crippen molar-refractivity contribution in [3.05, 3.63) is 12.7 Å². The number of allylic oxidation sites excluding steroid dienone is 1. The van der Waals surface area contributed by atoms with Crippen molar-refractivity contribution in [2.75, 3.05) is 0 Å². The van der Waals surface area contributed by atoms with E-state index in [-0.39, 0.29) is 0 Å². The molecule has 0 saturated heterocycles.